The van der Waals surface area contributed by atoms with E-state index in [1.165, 1.54) is 70.9 Å². The highest BCUT2D eigenvalue weighted by atomic mass is 79.9. The Morgan fingerprint density at radius 3 is 1.47 bits per heavy atom. The van der Waals surface area contributed by atoms with Crippen LogP contribution in [0.2, 0.25) is 0 Å². The van der Waals surface area contributed by atoms with Gasteiger partial charge in [0.05, 0.1) is 0 Å². The van der Waals surface area contributed by atoms with Crippen LogP contribution in [0.4, 0.5) is 0 Å². The maximum Gasteiger partial charge on any atom is 0.0181 e. The first-order chi connectivity index (χ1) is 17.7. The third kappa shape index (κ3) is 3.27. The highest BCUT2D eigenvalue weighted by molar-refractivity contribution is 9.10. The molecule has 0 aliphatic heterocycles. The van der Waals surface area contributed by atoms with E-state index in [2.05, 4.69) is 144 Å². The molecule has 0 amide bonds. The maximum atomic E-state index is 3.75. The van der Waals surface area contributed by atoms with Gasteiger partial charge in [-0.1, -0.05) is 131 Å². The zero-order valence-corrected chi connectivity index (χ0v) is 21.5. The summed E-state index contributed by atoms with van der Waals surface area (Å²) < 4.78 is 1.09. The smallest absolute Gasteiger partial charge is 0.0181 e. The molecule has 0 spiro atoms. The number of hydrogen-bond acceptors (Lipinski definition) is 0. The maximum absolute atomic E-state index is 3.75. The molecule has 7 rings (SSSR count). The number of benzene rings is 7. The van der Waals surface area contributed by atoms with E-state index in [9.17, 15) is 0 Å². The van der Waals surface area contributed by atoms with Crippen LogP contribution < -0.4 is 0 Å². The molecule has 170 valence electrons. The quantitative estimate of drug-likeness (QED) is 0.156. The molecule has 1 heteroatoms. The van der Waals surface area contributed by atoms with Crippen LogP contribution in [0.5, 0.6) is 0 Å². The first-order valence-corrected chi connectivity index (χ1v) is 13.1. The number of hydrogen-bond donors (Lipinski definition) is 0. The van der Waals surface area contributed by atoms with Crippen molar-refractivity contribution in [1.29, 1.82) is 0 Å². The third-order valence-corrected chi connectivity index (χ3v) is 7.82. The summed E-state index contributed by atoms with van der Waals surface area (Å²) in [4.78, 5) is 0. The average Bonchev–Trinajstić information content (AvgIpc) is 2.92. The van der Waals surface area contributed by atoms with Gasteiger partial charge in [-0.2, -0.15) is 0 Å². The van der Waals surface area contributed by atoms with Crippen molar-refractivity contribution in [2.45, 2.75) is 6.92 Å². The van der Waals surface area contributed by atoms with Crippen LogP contribution in [0, 0.1) is 6.92 Å². The molecule has 0 saturated heterocycles. The second-order valence-electron chi connectivity index (χ2n) is 9.55. The Morgan fingerprint density at radius 2 is 0.917 bits per heavy atom. The van der Waals surface area contributed by atoms with E-state index in [1.54, 1.807) is 0 Å². The molecule has 0 saturated carbocycles. The van der Waals surface area contributed by atoms with Crippen molar-refractivity contribution in [3.05, 3.63) is 131 Å². The molecule has 0 N–H and O–H groups in total. The summed E-state index contributed by atoms with van der Waals surface area (Å²) in [5.74, 6) is 0. The predicted molar refractivity (Wildman–Crippen MR) is 160 cm³/mol. The van der Waals surface area contributed by atoms with Crippen LogP contribution in [0.1, 0.15) is 5.56 Å². The standard InChI is InChI=1S/C35H23Br/c1-22-12-13-23-15-18-28-33(26-10-6-3-7-11-26)35-29(19-16-24-14-17-27(36)21-31(24)35)32(34(28)30(23)20-22)25-8-4-2-5-9-25/h2-21H,1H3. The molecule has 0 radical (unpaired) electrons. The zero-order valence-electron chi connectivity index (χ0n) is 19.9. The number of aryl methyl sites for hydroxylation is 1. The first kappa shape index (κ1) is 21.4. The Morgan fingerprint density at radius 1 is 0.444 bits per heavy atom. The van der Waals surface area contributed by atoms with Gasteiger partial charge in [-0.25, -0.2) is 0 Å². The summed E-state index contributed by atoms with van der Waals surface area (Å²) in [6.07, 6.45) is 0. The highest BCUT2D eigenvalue weighted by Crippen LogP contribution is 2.48. The van der Waals surface area contributed by atoms with Crippen molar-refractivity contribution in [2.24, 2.45) is 0 Å². The lowest BCUT2D eigenvalue weighted by Crippen LogP contribution is -1.93. The van der Waals surface area contributed by atoms with Gasteiger partial charge in [0.15, 0.2) is 0 Å². The van der Waals surface area contributed by atoms with Crippen molar-refractivity contribution < 1.29 is 0 Å². The minimum absolute atomic E-state index is 1.09. The largest absolute Gasteiger partial charge is 0.0622 e. The minimum atomic E-state index is 1.09. The predicted octanol–water partition coefficient (Wildman–Crippen LogP) is 10.7. The Kier molecular flexibility index (Phi) is 4.94. The van der Waals surface area contributed by atoms with Crippen molar-refractivity contribution >= 4 is 59.0 Å². The van der Waals surface area contributed by atoms with E-state index in [-0.39, 0.29) is 0 Å². The summed E-state index contributed by atoms with van der Waals surface area (Å²) in [7, 11) is 0. The number of halogens is 1. The molecular formula is C35H23Br. The summed E-state index contributed by atoms with van der Waals surface area (Å²) in [5.41, 5.74) is 6.37. The topological polar surface area (TPSA) is 0 Å². The molecule has 0 heterocycles. The summed E-state index contributed by atoms with van der Waals surface area (Å²) in [6.45, 7) is 2.19. The fourth-order valence-electron chi connectivity index (χ4n) is 5.76. The Balaban J connectivity index is 1.85. The Hall–Kier alpha value is -3.94. The number of rotatable bonds is 2. The fraction of sp³-hybridized carbons (Fsp3) is 0.0286. The van der Waals surface area contributed by atoms with E-state index in [1.807, 2.05) is 0 Å². The molecule has 36 heavy (non-hydrogen) atoms. The van der Waals surface area contributed by atoms with E-state index in [0.717, 1.165) is 4.47 Å². The van der Waals surface area contributed by atoms with E-state index in [4.69, 9.17) is 0 Å². The van der Waals surface area contributed by atoms with Gasteiger partial charge >= 0.3 is 0 Å². The summed E-state index contributed by atoms with van der Waals surface area (Å²) in [6, 6.07) is 44.4. The van der Waals surface area contributed by atoms with E-state index < -0.39 is 0 Å². The normalized spacial score (nSPS) is 11.6. The lowest BCUT2D eigenvalue weighted by molar-refractivity contribution is 1.51. The average molecular weight is 523 g/mol. The second kappa shape index (κ2) is 8.33. The highest BCUT2D eigenvalue weighted by Gasteiger charge is 2.20. The van der Waals surface area contributed by atoms with Crippen LogP contribution in [0.25, 0.3) is 65.3 Å². The monoisotopic (exact) mass is 522 g/mol. The molecule has 0 aliphatic rings. The molecule has 0 aromatic heterocycles. The molecule has 0 bridgehead atoms. The van der Waals surface area contributed by atoms with Crippen LogP contribution >= 0.6 is 15.9 Å². The van der Waals surface area contributed by atoms with Crippen LogP contribution in [-0.2, 0) is 0 Å². The first-order valence-electron chi connectivity index (χ1n) is 12.3. The zero-order chi connectivity index (χ0) is 24.2. The molecule has 7 aromatic carbocycles. The van der Waals surface area contributed by atoms with Crippen molar-refractivity contribution in [1.82, 2.24) is 0 Å². The Labute approximate surface area is 219 Å². The molecule has 0 unspecified atom stereocenters. The molecular weight excluding hydrogens is 500 g/mol. The van der Waals surface area contributed by atoms with Crippen molar-refractivity contribution in [3.63, 3.8) is 0 Å². The lowest BCUT2D eigenvalue weighted by atomic mass is 9.82. The van der Waals surface area contributed by atoms with E-state index in [0.29, 0.717) is 0 Å². The lowest BCUT2D eigenvalue weighted by Gasteiger charge is -2.21. The number of fused-ring (bicyclic) bond motifs is 6. The summed E-state index contributed by atoms with van der Waals surface area (Å²) in [5, 5.41) is 10.3. The summed E-state index contributed by atoms with van der Waals surface area (Å²) >= 11 is 3.75. The van der Waals surface area contributed by atoms with Crippen LogP contribution in [0.3, 0.4) is 0 Å². The Bertz CT molecular complexity index is 1790. The fourth-order valence-corrected chi connectivity index (χ4v) is 6.12. The van der Waals surface area contributed by atoms with Crippen molar-refractivity contribution in [2.75, 3.05) is 0 Å². The van der Waals surface area contributed by atoms with Gasteiger partial charge < -0.3 is 0 Å². The second-order valence-corrected chi connectivity index (χ2v) is 10.5. The van der Waals surface area contributed by atoms with Crippen LogP contribution in [-0.4, -0.2) is 0 Å². The van der Waals surface area contributed by atoms with Crippen molar-refractivity contribution in [3.8, 4) is 22.3 Å². The van der Waals surface area contributed by atoms with Gasteiger partial charge in [0, 0.05) is 4.47 Å². The van der Waals surface area contributed by atoms with E-state index >= 15 is 0 Å². The molecule has 0 nitrogen and oxygen atoms in total. The van der Waals surface area contributed by atoms with Gasteiger partial charge in [0.1, 0.15) is 0 Å². The van der Waals surface area contributed by atoms with Gasteiger partial charge in [0.2, 0.25) is 0 Å². The molecule has 7 aromatic rings. The van der Waals surface area contributed by atoms with Crippen LogP contribution in [0.15, 0.2) is 126 Å². The van der Waals surface area contributed by atoms with Gasteiger partial charge in [-0.15, -0.1) is 0 Å². The molecule has 0 aliphatic carbocycles. The minimum Gasteiger partial charge on any atom is -0.0622 e. The van der Waals surface area contributed by atoms with Gasteiger partial charge in [-0.3, -0.25) is 0 Å². The van der Waals surface area contributed by atoms with Gasteiger partial charge in [-0.05, 0) is 84.4 Å². The SMILES string of the molecule is Cc1ccc2ccc3c(-c4ccccc4)c4c(ccc5ccc(Br)cc54)c(-c4ccccc4)c3c2c1. The molecule has 0 atom stereocenters. The third-order valence-electron chi connectivity index (χ3n) is 7.32. The molecule has 0 fully saturated rings. The van der Waals surface area contributed by atoms with Gasteiger partial charge in [0.25, 0.3) is 0 Å².